The number of nitrogens with one attached hydrogen (secondary N) is 1. The summed E-state index contributed by atoms with van der Waals surface area (Å²) in [6.07, 6.45) is -1.42. The number of carbonyl (C=O) groups is 1. The molecule has 3 unspecified atom stereocenters. The van der Waals surface area contributed by atoms with E-state index in [-0.39, 0.29) is 5.91 Å². The van der Waals surface area contributed by atoms with Crippen LogP contribution in [-0.4, -0.2) is 35.5 Å². The number of aromatic nitrogens is 1. The Hall–Kier alpha value is -3.95. The van der Waals surface area contributed by atoms with Crippen LogP contribution in [0.4, 0.5) is 13.2 Å². The van der Waals surface area contributed by atoms with Crippen LogP contribution in [0.5, 0.6) is 5.75 Å². The highest BCUT2D eigenvalue weighted by atomic mass is 32.2. The summed E-state index contributed by atoms with van der Waals surface area (Å²) in [5.41, 5.74) is 3.32. The molecule has 12 heteroatoms. The Bertz CT molecular complexity index is 1500. The van der Waals surface area contributed by atoms with Gasteiger partial charge in [0.05, 0.1) is 15.0 Å². The highest BCUT2D eigenvalue weighted by molar-refractivity contribution is 7.93. The maximum absolute atomic E-state index is 12.3. The van der Waals surface area contributed by atoms with Crippen molar-refractivity contribution in [1.82, 2.24) is 10.3 Å². The molecule has 0 bridgehead atoms. The Balaban J connectivity index is 0.000000296. The average Bonchev–Trinajstić information content (AvgIpc) is 2.94. The van der Waals surface area contributed by atoms with E-state index in [1.807, 2.05) is 50.2 Å². The number of nitrogens with zero attached hydrogens (tertiary/aromatic N) is 3. The normalized spacial score (nSPS) is 13.9. The van der Waals surface area contributed by atoms with Crippen LogP contribution in [0, 0.1) is 25.3 Å². The fourth-order valence-corrected chi connectivity index (χ4v) is 4.64. The quantitative estimate of drug-likeness (QED) is 0.319. The lowest BCUT2D eigenvalue weighted by Crippen LogP contribution is -2.27. The van der Waals surface area contributed by atoms with Gasteiger partial charge in [0.25, 0.3) is 5.91 Å². The number of amides is 1. The minimum absolute atomic E-state index is 0.174. The molecule has 1 amide bonds. The molecule has 8 nitrogen and oxygen atoms in total. The summed E-state index contributed by atoms with van der Waals surface area (Å²) in [4.78, 5) is 15.3. The molecule has 0 aliphatic rings. The van der Waals surface area contributed by atoms with E-state index in [0.29, 0.717) is 12.2 Å². The number of ether oxygens (including phenoxy) is 2. The van der Waals surface area contributed by atoms with Gasteiger partial charge in [0.15, 0.2) is 6.10 Å². The first kappa shape index (κ1) is 33.3. The lowest BCUT2D eigenvalue weighted by atomic mass is 10.0. The van der Waals surface area contributed by atoms with Crippen molar-refractivity contribution < 1.29 is 31.6 Å². The van der Waals surface area contributed by atoms with Crippen LogP contribution >= 0.6 is 0 Å². The highest BCUT2D eigenvalue weighted by Crippen LogP contribution is 2.29. The first-order valence-electron chi connectivity index (χ1n) is 12.4. The molecule has 0 aliphatic carbocycles. The van der Waals surface area contributed by atoms with Crippen LogP contribution in [0.3, 0.4) is 0 Å². The highest BCUT2D eigenvalue weighted by Gasteiger charge is 2.32. The number of likely N-dealkylation sites (N-methyl/N-ethyl adjacent to an activating group) is 1. The number of aryl methyl sites for hydroxylation is 2. The Labute approximate surface area is 238 Å². The van der Waals surface area contributed by atoms with Crippen molar-refractivity contribution in [3.05, 3.63) is 94.3 Å². The number of carbonyl (C=O) groups excluding carboxylic acids is 1. The van der Waals surface area contributed by atoms with Gasteiger partial charge in [-0.05, 0) is 60.7 Å². The number of nitriles is 1. The van der Waals surface area contributed by atoms with E-state index >= 15 is 0 Å². The molecule has 3 atom stereocenters. The SMILES string of the molecule is CC(c1ccc(C(F)(F)F)nc1)S(C)(=O)=NC#N.CNC(=O)C(OC)c1ccccc1COc1cc(C)ccc1C. The second-order valence-corrected chi connectivity index (χ2v) is 11.8. The van der Waals surface area contributed by atoms with Gasteiger partial charge in [0.2, 0.25) is 6.19 Å². The second kappa shape index (κ2) is 14.6. The van der Waals surface area contributed by atoms with Crippen LogP contribution in [0.25, 0.3) is 0 Å². The fraction of sp³-hybridized carbons (Fsp3) is 0.345. The number of benzene rings is 2. The molecule has 41 heavy (non-hydrogen) atoms. The van der Waals surface area contributed by atoms with Gasteiger partial charge in [0.1, 0.15) is 18.1 Å². The molecule has 0 spiro atoms. The molecule has 1 aromatic heterocycles. The molecular formula is C29H33F3N4O4S. The predicted octanol–water partition coefficient (Wildman–Crippen LogP) is 6.06. The molecule has 0 saturated carbocycles. The maximum Gasteiger partial charge on any atom is 0.433 e. The largest absolute Gasteiger partial charge is 0.489 e. The summed E-state index contributed by atoms with van der Waals surface area (Å²) in [5.74, 6) is 0.681. The fourth-order valence-electron chi connectivity index (χ4n) is 3.67. The van der Waals surface area contributed by atoms with E-state index in [0.717, 1.165) is 40.3 Å². The molecule has 2 aromatic carbocycles. The Kier molecular flexibility index (Phi) is 11.9. The van der Waals surface area contributed by atoms with Crippen LogP contribution in [0.2, 0.25) is 0 Å². The molecule has 3 aromatic rings. The summed E-state index contributed by atoms with van der Waals surface area (Å²) in [7, 11) is 0.312. The van der Waals surface area contributed by atoms with Crippen molar-refractivity contribution in [2.45, 2.75) is 44.9 Å². The van der Waals surface area contributed by atoms with Crippen LogP contribution in [0.1, 0.15) is 51.8 Å². The van der Waals surface area contributed by atoms with Crippen molar-refractivity contribution >= 4 is 15.6 Å². The third-order valence-electron chi connectivity index (χ3n) is 6.21. The monoisotopic (exact) mass is 590 g/mol. The van der Waals surface area contributed by atoms with E-state index in [4.69, 9.17) is 14.7 Å². The minimum atomic E-state index is -4.51. The number of hydrogen-bond acceptors (Lipinski definition) is 7. The van der Waals surface area contributed by atoms with Gasteiger partial charge in [-0.15, -0.1) is 4.36 Å². The van der Waals surface area contributed by atoms with Gasteiger partial charge in [-0.25, -0.2) is 4.21 Å². The predicted molar refractivity (Wildman–Crippen MR) is 150 cm³/mol. The van der Waals surface area contributed by atoms with Gasteiger partial charge < -0.3 is 14.8 Å². The van der Waals surface area contributed by atoms with Gasteiger partial charge >= 0.3 is 6.18 Å². The number of halogens is 3. The van der Waals surface area contributed by atoms with Crippen molar-refractivity contribution in [3.63, 3.8) is 0 Å². The lowest BCUT2D eigenvalue weighted by Gasteiger charge is -2.18. The summed E-state index contributed by atoms with van der Waals surface area (Å²) < 4.78 is 63.4. The number of alkyl halides is 3. The van der Waals surface area contributed by atoms with Crippen LogP contribution < -0.4 is 10.1 Å². The molecule has 1 heterocycles. The summed E-state index contributed by atoms with van der Waals surface area (Å²) in [6.45, 7) is 5.96. The van der Waals surface area contributed by atoms with Crippen molar-refractivity contribution in [3.8, 4) is 11.9 Å². The molecule has 220 valence electrons. The minimum Gasteiger partial charge on any atom is -0.489 e. The topological polar surface area (TPSA) is 114 Å². The smallest absolute Gasteiger partial charge is 0.433 e. The van der Waals surface area contributed by atoms with Crippen molar-refractivity contribution in [2.75, 3.05) is 20.4 Å². The zero-order chi connectivity index (χ0) is 30.8. The molecule has 0 fully saturated rings. The average molecular weight is 591 g/mol. The van der Waals surface area contributed by atoms with E-state index in [1.54, 1.807) is 7.05 Å². The first-order valence-corrected chi connectivity index (χ1v) is 14.4. The Morgan fingerprint density at radius 2 is 1.85 bits per heavy atom. The van der Waals surface area contributed by atoms with Crippen molar-refractivity contribution in [1.29, 1.82) is 5.26 Å². The molecule has 0 aliphatic heterocycles. The second-order valence-electron chi connectivity index (χ2n) is 9.16. The zero-order valence-electron chi connectivity index (χ0n) is 23.7. The lowest BCUT2D eigenvalue weighted by molar-refractivity contribution is -0.141. The summed E-state index contributed by atoms with van der Waals surface area (Å²) in [5, 5.41) is 10.3. The third-order valence-corrected chi connectivity index (χ3v) is 8.24. The van der Waals surface area contributed by atoms with Gasteiger partial charge in [-0.1, -0.05) is 42.5 Å². The van der Waals surface area contributed by atoms with E-state index < -0.39 is 33.0 Å². The maximum atomic E-state index is 12.3. The standard InChI is InChI=1S/C19H23NO3.C10H10F3N3OS/c1-13-9-10-14(2)17(11-13)23-12-15-7-5-6-8-16(15)18(22-4)19(21)20-3;1-7(18(2,17)16-6-14)8-3-4-9(15-5-8)10(11,12)13/h5-11,18H,12H2,1-4H3,(H,20,21);3-5,7H,1-2H3. The number of methoxy groups -OCH3 is 1. The molecule has 1 N–H and O–H groups in total. The zero-order valence-corrected chi connectivity index (χ0v) is 24.5. The van der Waals surface area contributed by atoms with Gasteiger partial charge in [0, 0.05) is 26.6 Å². The Morgan fingerprint density at radius 1 is 1.17 bits per heavy atom. The number of hydrogen-bond donors (Lipinski definition) is 1. The van der Waals surface area contributed by atoms with Crippen LogP contribution in [-0.2, 0) is 32.0 Å². The van der Waals surface area contributed by atoms with E-state index in [2.05, 4.69) is 20.7 Å². The number of rotatable bonds is 8. The molecule has 0 saturated heterocycles. The van der Waals surface area contributed by atoms with Crippen molar-refractivity contribution in [2.24, 2.45) is 4.36 Å². The summed E-state index contributed by atoms with van der Waals surface area (Å²) in [6, 6.07) is 15.8. The summed E-state index contributed by atoms with van der Waals surface area (Å²) >= 11 is 0. The van der Waals surface area contributed by atoms with E-state index in [1.165, 1.54) is 32.5 Å². The van der Waals surface area contributed by atoms with Gasteiger partial charge in [-0.3, -0.25) is 9.78 Å². The first-order chi connectivity index (χ1) is 19.2. The molecular weight excluding hydrogens is 557 g/mol. The number of pyridine rings is 1. The molecule has 3 rings (SSSR count). The van der Waals surface area contributed by atoms with Crippen LogP contribution in [0.15, 0.2) is 65.2 Å². The van der Waals surface area contributed by atoms with E-state index in [9.17, 15) is 22.2 Å². The van der Waals surface area contributed by atoms with Gasteiger partial charge in [-0.2, -0.15) is 18.4 Å². The third kappa shape index (κ3) is 9.30. The Morgan fingerprint density at radius 3 is 2.41 bits per heavy atom. The molecule has 0 radical (unpaired) electrons.